The Morgan fingerprint density at radius 3 is 2.89 bits per heavy atom. The van der Waals surface area contributed by atoms with Crippen LogP contribution in [-0.2, 0) is 4.79 Å². The maximum atomic E-state index is 13.7. The molecule has 2 rings (SSSR count). The highest BCUT2D eigenvalue weighted by atomic mass is 19.1. The topological polar surface area (TPSA) is 50.4 Å². The van der Waals surface area contributed by atoms with Crippen LogP contribution in [-0.4, -0.2) is 24.6 Å². The second-order valence-electron chi connectivity index (χ2n) is 4.95. The third kappa shape index (κ3) is 3.67. The molecular formula is C14H19FN2O2. The number of nitrogens with one attached hydrogen (secondary N) is 2. The summed E-state index contributed by atoms with van der Waals surface area (Å²) < 4.78 is 19.1. The molecule has 2 N–H and O–H groups in total. The summed E-state index contributed by atoms with van der Waals surface area (Å²) in [4.78, 5) is 11.9. The molecule has 0 aromatic heterocycles. The van der Waals surface area contributed by atoms with Gasteiger partial charge in [0.2, 0.25) is 5.91 Å². The number of hydrogen-bond donors (Lipinski definition) is 2. The molecule has 0 radical (unpaired) electrons. The lowest BCUT2D eigenvalue weighted by atomic mass is 10.2. The first-order valence-electron chi connectivity index (χ1n) is 6.56. The van der Waals surface area contributed by atoms with Gasteiger partial charge in [0.25, 0.3) is 0 Å². The van der Waals surface area contributed by atoms with Crippen LogP contribution >= 0.6 is 0 Å². The van der Waals surface area contributed by atoms with Crippen molar-refractivity contribution in [3.8, 4) is 5.75 Å². The zero-order valence-corrected chi connectivity index (χ0v) is 11.2. The quantitative estimate of drug-likeness (QED) is 0.879. The number of rotatable bonds is 4. The van der Waals surface area contributed by atoms with Gasteiger partial charge in [0.05, 0.1) is 12.1 Å². The predicted octanol–water partition coefficient (Wildman–Crippen LogP) is 2.30. The molecular weight excluding hydrogens is 247 g/mol. The summed E-state index contributed by atoms with van der Waals surface area (Å²) in [5.41, 5.74) is 0.451. The first-order chi connectivity index (χ1) is 9.06. The van der Waals surface area contributed by atoms with Gasteiger partial charge in [0, 0.05) is 11.8 Å². The lowest BCUT2D eigenvalue weighted by Gasteiger charge is -2.13. The fourth-order valence-electron chi connectivity index (χ4n) is 2.07. The summed E-state index contributed by atoms with van der Waals surface area (Å²) >= 11 is 0. The van der Waals surface area contributed by atoms with E-state index >= 15 is 0 Å². The van der Waals surface area contributed by atoms with Crippen LogP contribution in [0.3, 0.4) is 0 Å². The van der Waals surface area contributed by atoms with Crippen LogP contribution in [0.15, 0.2) is 18.2 Å². The number of carbonyl (C=O) groups excluding carboxylic acids is 1. The third-order valence-electron chi connectivity index (χ3n) is 2.94. The molecule has 4 nitrogen and oxygen atoms in total. The lowest BCUT2D eigenvalue weighted by molar-refractivity contribution is -0.117. The van der Waals surface area contributed by atoms with Crippen molar-refractivity contribution in [3.05, 3.63) is 24.0 Å². The molecule has 1 fully saturated rings. The van der Waals surface area contributed by atoms with Crippen LogP contribution in [0.2, 0.25) is 0 Å². The van der Waals surface area contributed by atoms with Gasteiger partial charge in [-0.1, -0.05) is 0 Å². The van der Waals surface area contributed by atoms with Gasteiger partial charge in [-0.2, -0.15) is 0 Å². The SMILES string of the molecule is CC(C)Oc1ccc(NC(=O)C2CCCN2)cc1F. The van der Waals surface area contributed by atoms with Crippen LogP contribution in [0, 0.1) is 5.82 Å². The Kier molecular flexibility index (Phi) is 4.37. The van der Waals surface area contributed by atoms with Crippen molar-refractivity contribution in [2.75, 3.05) is 11.9 Å². The number of carbonyl (C=O) groups is 1. The van der Waals surface area contributed by atoms with E-state index in [-0.39, 0.29) is 23.8 Å². The predicted molar refractivity (Wildman–Crippen MR) is 71.8 cm³/mol. The highest BCUT2D eigenvalue weighted by Crippen LogP contribution is 2.22. The first-order valence-corrected chi connectivity index (χ1v) is 6.56. The molecule has 1 unspecified atom stereocenters. The van der Waals surface area contributed by atoms with Crippen LogP contribution in [0.4, 0.5) is 10.1 Å². The Morgan fingerprint density at radius 1 is 1.53 bits per heavy atom. The molecule has 19 heavy (non-hydrogen) atoms. The maximum absolute atomic E-state index is 13.7. The molecule has 1 aromatic rings. The van der Waals surface area contributed by atoms with E-state index in [1.54, 1.807) is 6.07 Å². The van der Waals surface area contributed by atoms with Gasteiger partial charge in [0.15, 0.2) is 11.6 Å². The van der Waals surface area contributed by atoms with Gasteiger partial charge in [-0.25, -0.2) is 4.39 Å². The summed E-state index contributed by atoms with van der Waals surface area (Å²) in [6, 6.07) is 4.29. The summed E-state index contributed by atoms with van der Waals surface area (Å²) in [6.45, 7) is 4.52. The number of ether oxygens (including phenoxy) is 1. The Balaban J connectivity index is 2.01. The van der Waals surface area contributed by atoms with Gasteiger partial charge in [-0.15, -0.1) is 0 Å². The molecule has 1 heterocycles. The highest BCUT2D eigenvalue weighted by molar-refractivity contribution is 5.95. The van der Waals surface area contributed by atoms with Crippen molar-refractivity contribution < 1.29 is 13.9 Å². The second kappa shape index (κ2) is 6.02. The van der Waals surface area contributed by atoms with E-state index in [0.29, 0.717) is 5.69 Å². The molecule has 1 aliphatic rings. The van der Waals surface area contributed by atoms with Crippen molar-refractivity contribution >= 4 is 11.6 Å². The Hall–Kier alpha value is -1.62. The summed E-state index contributed by atoms with van der Waals surface area (Å²) in [7, 11) is 0. The summed E-state index contributed by atoms with van der Waals surface area (Å²) in [6.07, 6.45) is 1.73. The molecule has 5 heteroatoms. The van der Waals surface area contributed by atoms with E-state index in [2.05, 4.69) is 10.6 Å². The zero-order valence-electron chi connectivity index (χ0n) is 11.2. The van der Waals surface area contributed by atoms with Crippen molar-refractivity contribution in [2.45, 2.75) is 38.8 Å². The van der Waals surface area contributed by atoms with Crippen molar-refractivity contribution in [2.24, 2.45) is 0 Å². The van der Waals surface area contributed by atoms with E-state index in [4.69, 9.17) is 4.74 Å². The fourth-order valence-corrected chi connectivity index (χ4v) is 2.07. The minimum absolute atomic E-state index is 0.0855. The molecule has 0 spiro atoms. The fraction of sp³-hybridized carbons (Fsp3) is 0.500. The molecule has 0 bridgehead atoms. The van der Waals surface area contributed by atoms with Gasteiger partial charge >= 0.3 is 0 Å². The first kappa shape index (κ1) is 13.8. The van der Waals surface area contributed by atoms with Crippen LogP contribution in [0.5, 0.6) is 5.75 Å². The lowest BCUT2D eigenvalue weighted by Crippen LogP contribution is -2.35. The van der Waals surface area contributed by atoms with Gasteiger partial charge in [-0.3, -0.25) is 4.79 Å². The standard InChI is InChI=1S/C14H19FN2O2/c1-9(2)19-13-6-5-10(8-11(13)15)17-14(18)12-4-3-7-16-12/h5-6,8-9,12,16H,3-4,7H2,1-2H3,(H,17,18). The highest BCUT2D eigenvalue weighted by Gasteiger charge is 2.22. The normalized spacial score (nSPS) is 18.6. The molecule has 104 valence electrons. The van der Waals surface area contributed by atoms with E-state index in [0.717, 1.165) is 19.4 Å². The number of halogens is 1. The number of anilines is 1. The average Bonchev–Trinajstić information content (AvgIpc) is 2.86. The maximum Gasteiger partial charge on any atom is 0.241 e. The Bertz CT molecular complexity index is 457. The molecule has 1 aliphatic heterocycles. The summed E-state index contributed by atoms with van der Waals surface area (Å²) in [5, 5.41) is 5.81. The van der Waals surface area contributed by atoms with E-state index < -0.39 is 5.82 Å². The van der Waals surface area contributed by atoms with E-state index in [1.807, 2.05) is 13.8 Å². The van der Waals surface area contributed by atoms with E-state index in [9.17, 15) is 9.18 Å². The minimum Gasteiger partial charge on any atom is -0.488 e. The van der Waals surface area contributed by atoms with Crippen molar-refractivity contribution in [1.29, 1.82) is 0 Å². The van der Waals surface area contributed by atoms with Crippen LogP contribution in [0.1, 0.15) is 26.7 Å². The monoisotopic (exact) mass is 266 g/mol. The minimum atomic E-state index is -0.467. The largest absolute Gasteiger partial charge is 0.488 e. The molecule has 1 aromatic carbocycles. The molecule has 1 amide bonds. The third-order valence-corrected chi connectivity index (χ3v) is 2.94. The number of hydrogen-bond acceptors (Lipinski definition) is 3. The Morgan fingerprint density at radius 2 is 2.32 bits per heavy atom. The number of amides is 1. The van der Waals surface area contributed by atoms with Crippen molar-refractivity contribution in [3.63, 3.8) is 0 Å². The molecule has 1 saturated heterocycles. The summed E-state index contributed by atoms with van der Waals surface area (Å²) in [5.74, 6) is -0.382. The zero-order chi connectivity index (χ0) is 13.8. The van der Waals surface area contributed by atoms with Gasteiger partial charge in [-0.05, 0) is 45.4 Å². The molecule has 1 atom stereocenters. The second-order valence-corrected chi connectivity index (χ2v) is 4.95. The van der Waals surface area contributed by atoms with Gasteiger partial charge < -0.3 is 15.4 Å². The smallest absolute Gasteiger partial charge is 0.241 e. The van der Waals surface area contributed by atoms with E-state index in [1.165, 1.54) is 12.1 Å². The van der Waals surface area contributed by atoms with Crippen LogP contribution in [0.25, 0.3) is 0 Å². The van der Waals surface area contributed by atoms with Crippen molar-refractivity contribution in [1.82, 2.24) is 5.32 Å². The number of benzene rings is 1. The van der Waals surface area contributed by atoms with Gasteiger partial charge in [0.1, 0.15) is 0 Å². The molecule has 0 saturated carbocycles. The average molecular weight is 266 g/mol. The van der Waals surface area contributed by atoms with Crippen LogP contribution < -0.4 is 15.4 Å². The molecule has 0 aliphatic carbocycles. The Labute approximate surface area is 112 Å².